The van der Waals surface area contributed by atoms with Gasteiger partial charge in [-0.3, -0.25) is 0 Å². The molecule has 1 heterocycles. The van der Waals surface area contributed by atoms with Crippen LogP contribution in [0.3, 0.4) is 0 Å². The Bertz CT molecular complexity index is 195. The Labute approximate surface area is 102 Å². The minimum Gasteiger partial charge on any atom is -0.366 e. The molecule has 1 fully saturated rings. The molecule has 0 aromatic rings. The molecule has 0 aromatic carbocycles. The quantitative estimate of drug-likeness (QED) is 0.375. The predicted octanol–water partition coefficient (Wildman–Crippen LogP) is -0.104. The van der Waals surface area contributed by atoms with Gasteiger partial charge in [0.1, 0.15) is 0 Å². The van der Waals surface area contributed by atoms with E-state index in [0.29, 0.717) is 0 Å². The van der Waals surface area contributed by atoms with Gasteiger partial charge in [0.05, 0.1) is 8.07 Å². The average molecular weight is 285 g/mol. The number of hydrogen-bond donors (Lipinski definition) is 3. The highest BCUT2D eigenvalue weighted by Crippen LogP contribution is 2.36. The van der Waals surface area contributed by atoms with Gasteiger partial charge < -0.3 is 19.0 Å². The maximum Gasteiger partial charge on any atom is 0.698 e. The van der Waals surface area contributed by atoms with Crippen molar-refractivity contribution in [2.75, 3.05) is 0 Å². The summed E-state index contributed by atoms with van der Waals surface area (Å²) in [7, 11) is -4.84. The standard InChI is InChI=1S/C8H18Si.H6O5Si2/c1-8-6-4-5-7-9(8,2)3;1-7(2,3)5-4-6/h8H,4-7H2,1-3H3;1-3H,6H3. The van der Waals surface area contributed by atoms with Crippen LogP contribution in [0.1, 0.15) is 26.2 Å². The summed E-state index contributed by atoms with van der Waals surface area (Å²) in [5.74, 6) is 0. The Morgan fingerprint density at radius 1 is 1.25 bits per heavy atom. The third-order valence-corrected chi connectivity index (χ3v) is 8.73. The molecule has 0 amide bonds. The number of hydrogen-bond acceptors (Lipinski definition) is 5. The summed E-state index contributed by atoms with van der Waals surface area (Å²) in [6, 6.07) is 1.58. The highest BCUT2D eigenvalue weighted by Gasteiger charge is 2.31. The van der Waals surface area contributed by atoms with Crippen molar-refractivity contribution in [2.45, 2.75) is 50.9 Å². The minimum atomic E-state index is -4.34. The fourth-order valence-corrected chi connectivity index (χ4v) is 5.31. The molecule has 3 N–H and O–H groups in total. The van der Waals surface area contributed by atoms with Crippen LogP contribution < -0.4 is 0 Å². The van der Waals surface area contributed by atoms with Crippen LogP contribution in [0.15, 0.2) is 0 Å². The van der Waals surface area contributed by atoms with E-state index >= 15 is 0 Å². The van der Waals surface area contributed by atoms with Crippen LogP contribution in [0.4, 0.5) is 0 Å². The maximum atomic E-state index is 7.94. The Morgan fingerprint density at radius 3 is 2.00 bits per heavy atom. The second-order valence-corrected chi connectivity index (χ2v) is 12.1. The van der Waals surface area contributed by atoms with Gasteiger partial charge in [-0.2, -0.15) is 0 Å². The van der Waals surface area contributed by atoms with Gasteiger partial charge >= 0.3 is 9.05 Å². The first kappa shape index (κ1) is 16.5. The Morgan fingerprint density at radius 2 is 1.81 bits per heavy atom. The van der Waals surface area contributed by atoms with E-state index in [0.717, 1.165) is 5.54 Å². The molecule has 0 bridgehead atoms. The SMILES string of the molecule is CC1CCCC[Si]1(C)C.O[Si](O)(O)OO[SiH3]. The lowest BCUT2D eigenvalue weighted by molar-refractivity contribution is -0.173. The van der Waals surface area contributed by atoms with Gasteiger partial charge in [-0.15, -0.1) is 0 Å². The summed E-state index contributed by atoms with van der Waals surface area (Å²) in [6.07, 6.45) is 4.53. The van der Waals surface area contributed by atoms with E-state index in [4.69, 9.17) is 14.4 Å². The Kier molecular flexibility index (Phi) is 7.21. The molecular weight excluding hydrogens is 260 g/mol. The third-order valence-electron chi connectivity index (χ3n) is 3.24. The van der Waals surface area contributed by atoms with Gasteiger partial charge in [-0.1, -0.05) is 45.3 Å². The molecule has 1 unspecified atom stereocenters. The van der Waals surface area contributed by atoms with Gasteiger partial charge in [-0.05, 0) is 5.54 Å². The highest BCUT2D eigenvalue weighted by molar-refractivity contribution is 6.78. The van der Waals surface area contributed by atoms with Crippen molar-refractivity contribution in [3.63, 3.8) is 0 Å². The second kappa shape index (κ2) is 7.01. The van der Waals surface area contributed by atoms with Crippen LogP contribution in [-0.2, 0) is 9.15 Å². The Hall–Kier alpha value is 0.451. The zero-order valence-corrected chi connectivity index (χ0v) is 14.6. The number of rotatable bonds is 2. The fourth-order valence-electron chi connectivity index (χ4n) is 1.78. The lowest BCUT2D eigenvalue weighted by Gasteiger charge is -2.34. The summed E-state index contributed by atoms with van der Waals surface area (Å²) in [5, 5.41) is 0. The Balaban J connectivity index is 0.000000293. The molecule has 1 rings (SSSR count). The van der Waals surface area contributed by atoms with Crippen molar-refractivity contribution in [3.8, 4) is 0 Å². The molecule has 8 heteroatoms. The largest absolute Gasteiger partial charge is 0.698 e. The summed E-state index contributed by atoms with van der Waals surface area (Å²) < 4.78 is 7.45. The van der Waals surface area contributed by atoms with E-state index in [9.17, 15) is 0 Å². The molecule has 1 atom stereocenters. The van der Waals surface area contributed by atoms with E-state index in [1.165, 1.54) is 19.3 Å². The van der Waals surface area contributed by atoms with Gasteiger partial charge in [0, 0.05) is 0 Å². The van der Waals surface area contributed by atoms with Crippen molar-refractivity contribution >= 4 is 27.6 Å². The molecule has 0 spiro atoms. The van der Waals surface area contributed by atoms with Crippen LogP contribution in [0.2, 0.25) is 24.7 Å². The van der Waals surface area contributed by atoms with E-state index in [2.05, 4.69) is 29.2 Å². The molecule has 16 heavy (non-hydrogen) atoms. The molecule has 0 saturated carbocycles. The molecule has 0 radical (unpaired) electrons. The van der Waals surface area contributed by atoms with Crippen molar-refractivity contribution in [1.82, 2.24) is 0 Å². The van der Waals surface area contributed by atoms with Crippen LogP contribution in [0, 0.1) is 0 Å². The van der Waals surface area contributed by atoms with E-state index in [-0.39, 0.29) is 10.5 Å². The van der Waals surface area contributed by atoms with Crippen molar-refractivity contribution < 1.29 is 23.5 Å². The smallest absolute Gasteiger partial charge is 0.366 e. The molecule has 0 aliphatic carbocycles. The van der Waals surface area contributed by atoms with Gasteiger partial charge in [-0.25, -0.2) is 4.58 Å². The van der Waals surface area contributed by atoms with E-state index < -0.39 is 17.1 Å². The van der Waals surface area contributed by atoms with E-state index in [1.807, 2.05) is 0 Å². The fraction of sp³-hybridized carbons (Fsp3) is 1.00. The minimum absolute atomic E-state index is 0.202. The van der Waals surface area contributed by atoms with E-state index in [1.54, 1.807) is 6.04 Å². The van der Waals surface area contributed by atoms with Crippen molar-refractivity contribution in [3.05, 3.63) is 0 Å². The normalized spacial score (nSPS) is 24.8. The molecule has 1 aliphatic heterocycles. The molecule has 1 aliphatic rings. The predicted molar refractivity (Wildman–Crippen MR) is 70.1 cm³/mol. The van der Waals surface area contributed by atoms with Crippen LogP contribution in [0.25, 0.3) is 0 Å². The van der Waals surface area contributed by atoms with Crippen LogP contribution in [-0.4, -0.2) is 42.0 Å². The van der Waals surface area contributed by atoms with Gasteiger partial charge in [0.15, 0.2) is 10.5 Å². The summed E-state index contributed by atoms with van der Waals surface area (Å²) in [5.41, 5.74) is 1.09. The second-order valence-electron chi connectivity index (χ2n) is 4.96. The lowest BCUT2D eigenvalue weighted by Crippen LogP contribution is -2.38. The first-order valence-electron chi connectivity index (χ1n) is 5.58. The first-order chi connectivity index (χ1) is 7.19. The zero-order chi connectivity index (χ0) is 12.8. The monoisotopic (exact) mass is 284 g/mol. The molecule has 98 valence electrons. The zero-order valence-electron chi connectivity index (χ0n) is 10.6. The first-order valence-corrected chi connectivity index (χ1v) is 11.4. The average Bonchev–Trinajstić information content (AvgIpc) is 2.09. The van der Waals surface area contributed by atoms with Crippen LogP contribution in [0.5, 0.6) is 0 Å². The van der Waals surface area contributed by atoms with Crippen LogP contribution >= 0.6 is 0 Å². The maximum absolute atomic E-state index is 7.94. The highest BCUT2D eigenvalue weighted by atomic mass is 28.4. The topological polar surface area (TPSA) is 79.2 Å². The summed E-state index contributed by atoms with van der Waals surface area (Å²) in [6.45, 7) is 7.53. The molecular formula is C8H24O5Si3. The molecule has 5 nitrogen and oxygen atoms in total. The van der Waals surface area contributed by atoms with Gasteiger partial charge in [0.25, 0.3) is 0 Å². The van der Waals surface area contributed by atoms with Crippen molar-refractivity contribution in [1.29, 1.82) is 0 Å². The van der Waals surface area contributed by atoms with Gasteiger partial charge in [0.2, 0.25) is 0 Å². The summed E-state index contributed by atoms with van der Waals surface area (Å²) in [4.78, 5) is 23.8. The molecule has 1 saturated heterocycles. The lowest BCUT2D eigenvalue weighted by atomic mass is 10.2. The molecule has 0 aromatic heterocycles. The summed E-state index contributed by atoms with van der Waals surface area (Å²) >= 11 is 0. The third kappa shape index (κ3) is 7.68. The van der Waals surface area contributed by atoms with Crippen molar-refractivity contribution in [2.24, 2.45) is 0 Å².